The van der Waals surface area contributed by atoms with Gasteiger partial charge in [0.05, 0.1) is 5.02 Å². The van der Waals surface area contributed by atoms with Crippen molar-refractivity contribution in [1.82, 2.24) is 10.3 Å². The van der Waals surface area contributed by atoms with Gasteiger partial charge in [0.25, 0.3) is 6.43 Å². The lowest BCUT2D eigenvalue weighted by atomic mass is 10.1. The third-order valence-electron chi connectivity index (χ3n) is 3.57. The van der Waals surface area contributed by atoms with Gasteiger partial charge in [-0.2, -0.15) is 0 Å². The van der Waals surface area contributed by atoms with Crippen LogP contribution in [0.3, 0.4) is 0 Å². The Morgan fingerprint density at radius 3 is 2.72 bits per heavy atom. The van der Waals surface area contributed by atoms with Crippen LogP contribution in [0.4, 0.5) is 8.78 Å². The molecule has 0 saturated carbocycles. The third-order valence-corrected chi connectivity index (χ3v) is 4.19. The molecule has 1 unspecified atom stereocenters. The van der Waals surface area contributed by atoms with Crippen molar-refractivity contribution in [2.24, 2.45) is 0 Å². The highest BCUT2D eigenvalue weighted by atomic mass is 35.5. The van der Waals surface area contributed by atoms with Crippen molar-refractivity contribution in [2.75, 3.05) is 6.61 Å². The van der Waals surface area contributed by atoms with Crippen LogP contribution in [0.1, 0.15) is 34.5 Å². The van der Waals surface area contributed by atoms with Crippen LogP contribution in [-0.4, -0.2) is 24.3 Å². The van der Waals surface area contributed by atoms with Gasteiger partial charge in [-0.25, -0.2) is 13.8 Å². The van der Waals surface area contributed by atoms with Crippen molar-refractivity contribution in [3.63, 3.8) is 0 Å². The van der Waals surface area contributed by atoms with Crippen molar-refractivity contribution in [3.8, 4) is 5.75 Å². The van der Waals surface area contributed by atoms with Gasteiger partial charge in [-0.05, 0) is 30.7 Å². The van der Waals surface area contributed by atoms with Crippen molar-refractivity contribution in [2.45, 2.75) is 25.9 Å². The quantitative estimate of drug-likeness (QED) is 0.526. The molecule has 0 saturated heterocycles. The summed E-state index contributed by atoms with van der Waals surface area (Å²) in [4.78, 5) is 15.1. The zero-order chi connectivity index (χ0) is 18.4. The second kappa shape index (κ2) is 9.08. The summed E-state index contributed by atoms with van der Waals surface area (Å²) in [6, 6.07) is 6.39. The minimum Gasteiger partial charge on any atom is -0.486 e. The zero-order valence-electron chi connectivity index (χ0n) is 13.3. The van der Waals surface area contributed by atoms with E-state index in [1.807, 2.05) is 6.92 Å². The smallest absolute Gasteiger partial charge is 0.272 e. The maximum absolute atomic E-state index is 12.2. The molecule has 1 aromatic carbocycles. The molecule has 25 heavy (non-hydrogen) atoms. The first-order chi connectivity index (χ1) is 11.9. The topological polar surface area (TPSA) is 51.2 Å². The lowest BCUT2D eigenvalue weighted by molar-refractivity contribution is 0.0819. The molecule has 2 aromatic rings. The number of benzene rings is 1. The first-order valence-electron chi connectivity index (χ1n) is 7.44. The second-order valence-electron chi connectivity index (χ2n) is 5.28. The van der Waals surface area contributed by atoms with Crippen LogP contribution >= 0.6 is 23.2 Å². The number of pyridine rings is 1. The molecule has 0 aliphatic carbocycles. The van der Waals surface area contributed by atoms with Crippen LogP contribution < -0.4 is 10.1 Å². The van der Waals surface area contributed by atoms with Crippen LogP contribution in [0.5, 0.6) is 5.75 Å². The van der Waals surface area contributed by atoms with E-state index in [2.05, 4.69) is 10.3 Å². The molecule has 1 heterocycles. The number of rotatable bonds is 8. The van der Waals surface area contributed by atoms with Gasteiger partial charge in [-0.3, -0.25) is 4.79 Å². The fourth-order valence-electron chi connectivity index (χ4n) is 2.20. The fraction of sp³-hybridized carbons (Fsp3) is 0.294. The molecule has 4 nitrogen and oxygen atoms in total. The summed E-state index contributed by atoms with van der Waals surface area (Å²) in [6.07, 6.45) is -0.370. The highest BCUT2D eigenvalue weighted by Crippen LogP contribution is 2.28. The highest BCUT2D eigenvalue weighted by Gasteiger charge is 2.13. The van der Waals surface area contributed by atoms with Gasteiger partial charge in [0.2, 0.25) is 0 Å². The molecule has 0 bridgehead atoms. The average Bonchev–Trinajstić information content (AvgIpc) is 2.58. The number of aromatic nitrogens is 1. The van der Waals surface area contributed by atoms with Gasteiger partial charge in [0.15, 0.2) is 6.29 Å². The standard InChI is InChI=1S/C17H16Cl2F2N2O2/c1-10(23-7-13-12(8-24)4-5-22-17(13)19)11-2-3-15(14(18)6-11)25-9-16(20)21/h2-6,8,10,16,23H,7,9H2,1H3. The van der Waals surface area contributed by atoms with Gasteiger partial charge in [-0.1, -0.05) is 29.3 Å². The van der Waals surface area contributed by atoms with Gasteiger partial charge < -0.3 is 10.1 Å². The SMILES string of the molecule is CC(NCc1c(C=O)ccnc1Cl)c1ccc(OCC(F)F)c(Cl)c1. The molecule has 0 spiro atoms. The number of nitrogens with zero attached hydrogens (tertiary/aromatic N) is 1. The van der Waals surface area contributed by atoms with Crippen molar-refractivity contribution >= 4 is 29.5 Å². The molecule has 2 rings (SSSR count). The van der Waals surface area contributed by atoms with Gasteiger partial charge in [0, 0.05) is 29.9 Å². The summed E-state index contributed by atoms with van der Waals surface area (Å²) in [7, 11) is 0. The number of alkyl halides is 2. The van der Waals surface area contributed by atoms with Gasteiger partial charge in [0.1, 0.15) is 17.5 Å². The average molecular weight is 389 g/mol. The summed E-state index contributed by atoms with van der Waals surface area (Å²) < 4.78 is 29.3. The second-order valence-corrected chi connectivity index (χ2v) is 6.05. The van der Waals surface area contributed by atoms with Crippen LogP contribution in [0.25, 0.3) is 0 Å². The number of carbonyl (C=O) groups is 1. The van der Waals surface area contributed by atoms with Crippen LogP contribution in [-0.2, 0) is 6.54 Å². The minimum absolute atomic E-state index is 0.127. The fourth-order valence-corrected chi connectivity index (χ4v) is 2.67. The highest BCUT2D eigenvalue weighted by molar-refractivity contribution is 6.32. The number of nitrogens with one attached hydrogen (secondary N) is 1. The van der Waals surface area contributed by atoms with E-state index in [-0.39, 0.29) is 22.0 Å². The lowest BCUT2D eigenvalue weighted by Crippen LogP contribution is -2.19. The normalized spacial score (nSPS) is 12.2. The number of hydrogen-bond acceptors (Lipinski definition) is 4. The Bertz CT molecular complexity index is 745. The molecule has 134 valence electrons. The number of hydrogen-bond donors (Lipinski definition) is 1. The van der Waals surface area contributed by atoms with Crippen LogP contribution in [0.15, 0.2) is 30.5 Å². The maximum atomic E-state index is 12.2. The maximum Gasteiger partial charge on any atom is 0.272 e. The first kappa shape index (κ1) is 19.6. The number of halogens is 4. The Labute approximate surface area is 154 Å². The Kier molecular flexibility index (Phi) is 7.11. The molecule has 0 aliphatic heterocycles. The largest absolute Gasteiger partial charge is 0.486 e. The number of ether oxygens (including phenoxy) is 1. The number of carbonyl (C=O) groups excluding carboxylic acids is 1. The molecule has 1 N–H and O–H groups in total. The summed E-state index contributed by atoms with van der Waals surface area (Å²) in [5.74, 6) is 0.205. The van der Waals surface area contributed by atoms with E-state index < -0.39 is 13.0 Å². The molecule has 8 heteroatoms. The van der Waals surface area contributed by atoms with Crippen molar-refractivity contribution in [1.29, 1.82) is 0 Å². The van der Waals surface area contributed by atoms with E-state index in [4.69, 9.17) is 27.9 Å². The van der Waals surface area contributed by atoms with E-state index in [1.54, 1.807) is 24.3 Å². The van der Waals surface area contributed by atoms with Crippen LogP contribution in [0.2, 0.25) is 10.2 Å². The Hall–Kier alpha value is -1.76. The molecule has 0 radical (unpaired) electrons. The van der Waals surface area contributed by atoms with Crippen molar-refractivity contribution in [3.05, 3.63) is 57.3 Å². The molecule has 0 amide bonds. The minimum atomic E-state index is -2.56. The molecule has 0 fully saturated rings. The first-order valence-corrected chi connectivity index (χ1v) is 8.20. The van der Waals surface area contributed by atoms with E-state index in [1.165, 1.54) is 6.20 Å². The Morgan fingerprint density at radius 1 is 1.32 bits per heavy atom. The predicted octanol–water partition coefficient (Wildman–Crippen LogP) is 4.70. The third kappa shape index (κ3) is 5.36. The summed E-state index contributed by atoms with van der Waals surface area (Å²) >= 11 is 12.1. The van der Waals surface area contributed by atoms with E-state index in [0.29, 0.717) is 17.7 Å². The molecular weight excluding hydrogens is 373 g/mol. The van der Waals surface area contributed by atoms with Gasteiger partial charge >= 0.3 is 0 Å². The monoisotopic (exact) mass is 388 g/mol. The lowest BCUT2D eigenvalue weighted by Gasteiger charge is -2.17. The van der Waals surface area contributed by atoms with Crippen LogP contribution in [0, 0.1) is 0 Å². The summed E-state index contributed by atoms with van der Waals surface area (Å²) in [5.41, 5.74) is 1.91. The molecular formula is C17H16Cl2F2N2O2. The zero-order valence-corrected chi connectivity index (χ0v) is 14.8. The summed E-state index contributed by atoms with van der Waals surface area (Å²) in [6.45, 7) is 1.53. The Morgan fingerprint density at radius 2 is 2.08 bits per heavy atom. The van der Waals surface area contributed by atoms with E-state index >= 15 is 0 Å². The molecule has 1 atom stereocenters. The predicted molar refractivity (Wildman–Crippen MR) is 92.8 cm³/mol. The molecule has 1 aromatic heterocycles. The number of aldehydes is 1. The van der Waals surface area contributed by atoms with E-state index in [0.717, 1.165) is 11.8 Å². The van der Waals surface area contributed by atoms with Gasteiger partial charge in [-0.15, -0.1) is 0 Å². The Balaban J connectivity index is 2.05. The summed E-state index contributed by atoms with van der Waals surface area (Å²) in [5, 5.41) is 3.74. The van der Waals surface area contributed by atoms with Crippen molar-refractivity contribution < 1.29 is 18.3 Å². The molecule has 0 aliphatic rings. The van der Waals surface area contributed by atoms with E-state index in [9.17, 15) is 13.6 Å².